The van der Waals surface area contributed by atoms with Gasteiger partial charge in [-0.2, -0.15) is 0 Å². The van der Waals surface area contributed by atoms with Gasteiger partial charge in [-0.05, 0) is 19.4 Å². The van der Waals surface area contributed by atoms with E-state index in [-0.39, 0.29) is 12.6 Å². The first-order chi connectivity index (χ1) is 6.10. The monoisotopic (exact) mass is 188 g/mol. The van der Waals surface area contributed by atoms with Crippen LogP contribution in [0.15, 0.2) is 0 Å². The van der Waals surface area contributed by atoms with E-state index >= 15 is 0 Å². The third-order valence-corrected chi connectivity index (χ3v) is 2.37. The summed E-state index contributed by atoms with van der Waals surface area (Å²) in [6.45, 7) is 6.61. The summed E-state index contributed by atoms with van der Waals surface area (Å²) >= 11 is 0. The van der Waals surface area contributed by atoms with Gasteiger partial charge >= 0.3 is 0 Å². The Morgan fingerprint density at radius 2 is 2.00 bits per heavy atom. The molecule has 80 valence electrons. The van der Waals surface area contributed by atoms with Gasteiger partial charge in [0.25, 0.3) is 0 Å². The minimum atomic E-state index is 0.110. The fourth-order valence-electron chi connectivity index (χ4n) is 1.39. The Morgan fingerprint density at radius 1 is 1.38 bits per heavy atom. The highest BCUT2D eigenvalue weighted by atomic mass is 16.3. The molecule has 2 unspecified atom stereocenters. The molecule has 0 aliphatic rings. The molecule has 0 aromatic carbocycles. The average molecular weight is 188 g/mol. The maximum Gasteiger partial charge on any atom is 0.0446 e. The van der Waals surface area contributed by atoms with Gasteiger partial charge < -0.3 is 15.7 Å². The first-order valence-corrected chi connectivity index (χ1v) is 5.15. The lowest BCUT2D eigenvalue weighted by molar-refractivity contribution is 0.231. The Labute approximate surface area is 81.9 Å². The summed E-state index contributed by atoms with van der Waals surface area (Å²) in [5.74, 6) is 0.728. The van der Waals surface area contributed by atoms with Gasteiger partial charge in [-0.25, -0.2) is 0 Å². The van der Waals surface area contributed by atoms with Crippen LogP contribution in [0.5, 0.6) is 0 Å². The second-order valence-electron chi connectivity index (χ2n) is 4.01. The minimum Gasteiger partial charge on any atom is -0.396 e. The summed E-state index contributed by atoms with van der Waals surface area (Å²) in [4.78, 5) is 2.24. The lowest BCUT2D eigenvalue weighted by atomic mass is 10.1. The third-order valence-electron chi connectivity index (χ3n) is 2.37. The van der Waals surface area contributed by atoms with E-state index in [9.17, 15) is 0 Å². The van der Waals surface area contributed by atoms with Crippen molar-refractivity contribution in [2.24, 2.45) is 11.7 Å². The first-order valence-electron chi connectivity index (χ1n) is 5.15. The number of hydrogen-bond acceptors (Lipinski definition) is 3. The van der Waals surface area contributed by atoms with Crippen LogP contribution in [0.3, 0.4) is 0 Å². The number of rotatable bonds is 7. The summed E-state index contributed by atoms with van der Waals surface area (Å²) < 4.78 is 0. The van der Waals surface area contributed by atoms with Gasteiger partial charge in [0.15, 0.2) is 0 Å². The van der Waals surface area contributed by atoms with Gasteiger partial charge in [-0.1, -0.05) is 20.3 Å². The third kappa shape index (κ3) is 6.99. The number of likely N-dealkylation sites (N-methyl/N-ethyl adjacent to an activating group) is 1. The quantitative estimate of drug-likeness (QED) is 0.617. The lowest BCUT2D eigenvalue weighted by Crippen LogP contribution is -2.37. The lowest BCUT2D eigenvalue weighted by Gasteiger charge is -2.23. The van der Waals surface area contributed by atoms with E-state index in [1.807, 2.05) is 0 Å². The van der Waals surface area contributed by atoms with E-state index in [0.717, 1.165) is 19.0 Å². The standard InChI is InChI=1S/C10H24N2O/c1-4-9(2)7-12(3)8-10(11)5-6-13/h9-10,13H,4-8,11H2,1-3H3. The highest BCUT2D eigenvalue weighted by Gasteiger charge is 2.08. The first kappa shape index (κ1) is 12.9. The van der Waals surface area contributed by atoms with Crippen LogP contribution in [-0.2, 0) is 0 Å². The summed E-state index contributed by atoms with van der Waals surface area (Å²) in [7, 11) is 2.09. The largest absolute Gasteiger partial charge is 0.396 e. The normalized spacial score (nSPS) is 16.2. The zero-order valence-corrected chi connectivity index (χ0v) is 9.16. The highest BCUT2D eigenvalue weighted by molar-refractivity contribution is 4.66. The van der Waals surface area contributed by atoms with E-state index in [4.69, 9.17) is 10.8 Å². The summed E-state index contributed by atoms with van der Waals surface area (Å²) in [5.41, 5.74) is 5.80. The molecule has 3 nitrogen and oxygen atoms in total. The molecule has 2 atom stereocenters. The Morgan fingerprint density at radius 3 is 2.46 bits per heavy atom. The van der Waals surface area contributed by atoms with E-state index in [1.165, 1.54) is 6.42 Å². The number of hydrogen-bond donors (Lipinski definition) is 2. The molecule has 0 aromatic rings. The van der Waals surface area contributed by atoms with E-state index in [2.05, 4.69) is 25.8 Å². The van der Waals surface area contributed by atoms with E-state index in [1.54, 1.807) is 0 Å². The molecule has 0 bridgehead atoms. The number of nitrogens with two attached hydrogens (primary N) is 1. The SMILES string of the molecule is CCC(C)CN(C)CC(N)CCO. The molecular formula is C10H24N2O. The predicted octanol–water partition coefficient (Wildman–Crippen LogP) is 0.674. The van der Waals surface area contributed by atoms with Gasteiger partial charge in [0.1, 0.15) is 0 Å². The predicted molar refractivity (Wildman–Crippen MR) is 56.6 cm³/mol. The molecule has 0 spiro atoms. The van der Waals surface area contributed by atoms with Crippen molar-refractivity contribution in [3.05, 3.63) is 0 Å². The maximum atomic E-state index is 8.68. The second-order valence-corrected chi connectivity index (χ2v) is 4.01. The number of aliphatic hydroxyl groups is 1. The Kier molecular flexibility index (Phi) is 7.23. The van der Waals surface area contributed by atoms with Crippen molar-refractivity contribution in [2.45, 2.75) is 32.7 Å². The molecule has 0 aliphatic heterocycles. The molecule has 0 amide bonds. The van der Waals surface area contributed by atoms with Crippen molar-refractivity contribution >= 4 is 0 Å². The van der Waals surface area contributed by atoms with Gasteiger partial charge in [-0.3, -0.25) is 0 Å². The summed E-state index contributed by atoms with van der Waals surface area (Å²) in [6.07, 6.45) is 1.91. The summed E-state index contributed by atoms with van der Waals surface area (Å²) in [6, 6.07) is 0.110. The van der Waals surface area contributed by atoms with Crippen molar-refractivity contribution in [3.8, 4) is 0 Å². The van der Waals surface area contributed by atoms with Crippen molar-refractivity contribution in [1.82, 2.24) is 4.90 Å². The highest BCUT2D eigenvalue weighted by Crippen LogP contribution is 2.03. The van der Waals surface area contributed by atoms with Gasteiger partial charge in [0, 0.05) is 25.7 Å². The Hall–Kier alpha value is -0.120. The van der Waals surface area contributed by atoms with Gasteiger partial charge in [0.2, 0.25) is 0 Å². The number of aliphatic hydroxyl groups excluding tert-OH is 1. The van der Waals surface area contributed by atoms with Crippen LogP contribution in [0.25, 0.3) is 0 Å². The average Bonchev–Trinajstić information content (AvgIpc) is 2.04. The van der Waals surface area contributed by atoms with Crippen LogP contribution < -0.4 is 5.73 Å². The van der Waals surface area contributed by atoms with Crippen molar-refractivity contribution in [1.29, 1.82) is 0 Å². The summed E-state index contributed by atoms with van der Waals surface area (Å²) in [5, 5.41) is 8.68. The van der Waals surface area contributed by atoms with E-state index < -0.39 is 0 Å². The maximum absolute atomic E-state index is 8.68. The fourth-order valence-corrected chi connectivity index (χ4v) is 1.39. The molecule has 0 heterocycles. The molecule has 13 heavy (non-hydrogen) atoms. The fraction of sp³-hybridized carbons (Fsp3) is 1.00. The van der Waals surface area contributed by atoms with Gasteiger partial charge in [0.05, 0.1) is 0 Å². The zero-order valence-electron chi connectivity index (χ0n) is 9.16. The van der Waals surface area contributed by atoms with Gasteiger partial charge in [-0.15, -0.1) is 0 Å². The van der Waals surface area contributed by atoms with Crippen molar-refractivity contribution in [2.75, 3.05) is 26.7 Å². The topological polar surface area (TPSA) is 49.5 Å². The van der Waals surface area contributed by atoms with Crippen LogP contribution in [0.4, 0.5) is 0 Å². The minimum absolute atomic E-state index is 0.110. The molecule has 0 aliphatic carbocycles. The molecule has 0 radical (unpaired) electrons. The molecule has 3 N–H and O–H groups in total. The molecule has 0 rings (SSSR count). The van der Waals surface area contributed by atoms with Crippen LogP contribution in [0.1, 0.15) is 26.7 Å². The van der Waals surface area contributed by atoms with Crippen molar-refractivity contribution in [3.63, 3.8) is 0 Å². The molecule has 3 heteroatoms. The van der Waals surface area contributed by atoms with E-state index in [0.29, 0.717) is 6.42 Å². The van der Waals surface area contributed by atoms with Crippen molar-refractivity contribution < 1.29 is 5.11 Å². The zero-order chi connectivity index (χ0) is 10.3. The molecule has 0 fully saturated rings. The molecule has 0 saturated carbocycles. The Balaban J connectivity index is 3.54. The molecule has 0 saturated heterocycles. The van der Waals surface area contributed by atoms with Crippen LogP contribution in [-0.4, -0.2) is 42.8 Å². The second kappa shape index (κ2) is 7.30. The molecular weight excluding hydrogens is 164 g/mol. The molecule has 0 aromatic heterocycles. The Bertz CT molecular complexity index is 119. The van der Waals surface area contributed by atoms with Crippen LogP contribution in [0.2, 0.25) is 0 Å². The van der Waals surface area contributed by atoms with Crippen LogP contribution in [0, 0.1) is 5.92 Å². The smallest absolute Gasteiger partial charge is 0.0446 e. The van der Waals surface area contributed by atoms with Crippen LogP contribution >= 0.6 is 0 Å². The number of nitrogens with zero attached hydrogens (tertiary/aromatic N) is 1.